The average molecular weight is 251 g/mol. The van der Waals surface area contributed by atoms with Crippen LogP contribution in [0, 0.1) is 0 Å². The molecule has 1 aromatic rings. The molecule has 1 fully saturated rings. The molecule has 1 aromatic heterocycles. The summed E-state index contributed by atoms with van der Waals surface area (Å²) in [7, 11) is 1.89. The normalized spacial score (nSPS) is 16.7. The van der Waals surface area contributed by atoms with Crippen molar-refractivity contribution < 1.29 is 4.79 Å². The van der Waals surface area contributed by atoms with Gasteiger partial charge in [-0.15, -0.1) is 10.2 Å². The summed E-state index contributed by atoms with van der Waals surface area (Å²) in [5.74, 6) is 0.907. The molecular weight excluding hydrogens is 230 g/mol. The predicted molar refractivity (Wildman–Crippen MR) is 67.7 cm³/mol. The second-order valence-corrected chi connectivity index (χ2v) is 4.86. The Morgan fingerprint density at radius 1 is 1.44 bits per heavy atom. The molecule has 0 radical (unpaired) electrons. The summed E-state index contributed by atoms with van der Waals surface area (Å²) in [4.78, 5) is 11.7. The molecule has 1 aliphatic carbocycles. The molecule has 6 heteroatoms. The summed E-state index contributed by atoms with van der Waals surface area (Å²) in [5.41, 5.74) is 0. The number of nitrogens with zero attached hydrogens (tertiary/aromatic N) is 3. The van der Waals surface area contributed by atoms with Crippen molar-refractivity contribution in [1.82, 2.24) is 25.4 Å². The largest absolute Gasteiger partial charge is 0.352 e. The molecule has 100 valence electrons. The topological polar surface area (TPSA) is 71.8 Å². The lowest BCUT2D eigenvalue weighted by Gasteiger charge is -2.22. The van der Waals surface area contributed by atoms with Crippen LogP contribution in [0.1, 0.15) is 37.9 Å². The van der Waals surface area contributed by atoms with Gasteiger partial charge in [0.25, 0.3) is 0 Å². The van der Waals surface area contributed by atoms with Crippen molar-refractivity contribution in [2.45, 2.75) is 44.7 Å². The van der Waals surface area contributed by atoms with Crippen LogP contribution >= 0.6 is 0 Å². The third-order valence-corrected chi connectivity index (χ3v) is 3.34. The van der Waals surface area contributed by atoms with Crippen LogP contribution < -0.4 is 10.6 Å². The molecule has 1 heterocycles. The molecule has 0 atom stereocenters. The van der Waals surface area contributed by atoms with Crippen LogP contribution in [0.4, 0.5) is 0 Å². The summed E-state index contributed by atoms with van der Waals surface area (Å²) in [5, 5.41) is 13.9. The van der Waals surface area contributed by atoms with Gasteiger partial charge in [-0.3, -0.25) is 4.79 Å². The zero-order valence-electron chi connectivity index (χ0n) is 10.9. The molecule has 1 aliphatic rings. The lowest BCUT2D eigenvalue weighted by Crippen LogP contribution is -2.41. The summed E-state index contributed by atoms with van der Waals surface area (Å²) >= 11 is 0. The van der Waals surface area contributed by atoms with E-state index in [0.717, 1.165) is 18.7 Å². The molecule has 0 bridgehead atoms. The number of aryl methyl sites for hydroxylation is 1. The third-order valence-electron chi connectivity index (χ3n) is 3.34. The maximum Gasteiger partial charge on any atom is 0.234 e. The Morgan fingerprint density at radius 3 is 2.89 bits per heavy atom. The minimum Gasteiger partial charge on any atom is -0.352 e. The van der Waals surface area contributed by atoms with Crippen LogP contribution in [0.15, 0.2) is 6.33 Å². The fourth-order valence-electron chi connectivity index (χ4n) is 2.28. The van der Waals surface area contributed by atoms with Crippen molar-refractivity contribution in [3.05, 3.63) is 12.2 Å². The highest BCUT2D eigenvalue weighted by atomic mass is 16.1. The second-order valence-electron chi connectivity index (χ2n) is 4.86. The summed E-state index contributed by atoms with van der Waals surface area (Å²) in [6.07, 6.45) is 7.66. The van der Waals surface area contributed by atoms with Crippen molar-refractivity contribution in [2.24, 2.45) is 7.05 Å². The van der Waals surface area contributed by atoms with Gasteiger partial charge < -0.3 is 15.2 Å². The monoisotopic (exact) mass is 251 g/mol. The highest BCUT2D eigenvalue weighted by molar-refractivity contribution is 5.78. The fraction of sp³-hybridized carbons (Fsp3) is 0.750. The fourth-order valence-corrected chi connectivity index (χ4v) is 2.28. The third kappa shape index (κ3) is 3.80. The lowest BCUT2D eigenvalue weighted by molar-refractivity contribution is -0.121. The Balaban J connectivity index is 1.64. The van der Waals surface area contributed by atoms with Crippen molar-refractivity contribution in [3.8, 4) is 0 Å². The molecule has 1 amide bonds. The van der Waals surface area contributed by atoms with Gasteiger partial charge in [0.15, 0.2) is 0 Å². The van der Waals surface area contributed by atoms with Crippen LogP contribution in [0.5, 0.6) is 0 Å². The number of amides is 1. The summed E-state index contributed by atoms with van der Waals surface area (Å²) < 4.78 is 1.84. The van der Waals surface area contributed by atoms with Gasteiger partial charge in [0.1, 0.15) is 12.2 Å². The highest BCUT2D eigenvalue weighted by Gasteiger charge is 2.15. The van der Waals surface area contributed by atoms with Gasteiger partial charge in [-0.05, 0) is 12.8 Å². The Bertz CT molecular complexity index is 384. The van der Waals surface area contributed by atoms with Crippen LogP contribution in [0.3, 0.4) is 0 Å². The lowest BCUT2D eigenvalue weighted by atomic mass is 9.95. The molecule has 1 saturated carbocycles. The van der Waals surface area contributed by atoms with Crippen molar-refractivity contribution in [3.63, 3.8) is 0 Å². The van der Waals surface area contributed by atoms with Gasteiger partial charge in [-0.25, -0.2) is 0 Å². The SMILES string of the molecule is Cn1cnnc1CNCC(=O)NC1CCCCC1. The molecule has 6 nitrogen and oxygen atoms in total. The van der Waals surface area contributed by atoms with Gasteiger partial charge in [-0.2, -0.15) is 0 Å². The standard InChI is InChI=1S/C12H21N5O/c1-17-9-14-16-11(17)7-13-8-12(18)15-10-5-3-2-4-6-10/h9-10,13H,2-8H2,1H3,(H,15,18). The number of carbonyl (C=O) groups is 1. The first-order valence-corrected chi connectivity index (χ1v) is 6.58. The number of carbonyl (C=O) groups excluding carboxylic acids is 1. The molecule has 2 N–H and O–H groups in total. The van der Waals surface area contributed by atoms with Crippen LogP contribution in [-0.2, 0) is 18.4 Å². The highest BCUT2D eigenvalue weighted by Crippen LogP contribution is 2.16. The minimum atomic E-state index is 0.0732. The Labute approximate surface area is 107 Å². The van der Waals surface area contributed by atoms with E-state index >= 15 is 0 Å². The number of nitrogens with one attached hydrogen (secondary N) is 2. The van der Waals surface area contributed by atoms with Crippen molar-refractivity contribution >= 4 is 5.91 Å². The van der Waals surface area contributed by atoms with Crippen LogP contribution in [-0.4, -0.2) is 33.3 Å². The second kappa shape index (κ2) is 6.49. The molecule has 0 aliphatic heterocycles. The molecule has 2 rings (SSSR count). The number of rotatable bonds is 5. The van der Waals surface area contributed by atoms with E-state index in [1.165, 1.54) is 19.3 Å². The first-order chi connectivity index (χ1) is 8.75. The van der Waals surface area contributed by atoms with Crippen molar-refractivity contribution in [1.29, 1.82) is 0 Å². The van der Waals surface area contributed by atoms with Crippen LogP contribution in [0.2, 0.25) is 0 Å². The van der Waals surface area contributed by atoms with Crippen LogP contribution in [0.25, 0.3) is 0 Å². The van der Waals surface area contributed by atoms with Gasteiger partial charge in [0.05, 0.1) is 13.1 Å². The Kier molecular flexibility index (Phi) is 4.69. The zero-order chi connectivity index (χ0) is 12.8. The Hall–Kier alpha value is -1.43. The quantitative estimate of drug-likeness (QED) is 0.792. The Morgan fingerprint density at radius 2 is 2.22 bits per heavy atom. The van der Waals surface area contributed by atoms with Crippen molar-refractivity contribution in [2.75, 3.05) is 6.54 Å². The van der Waals surface area contributed by atoms with E-state index < -0.39 is 0 Å². The van der Waals surface area contributed by atoms with Gasteiger partial charge >= 0.3 is 0 Å². The van der Waals surface area contributed by atoms with E-state index in [2.05, 4.69) is 20.8 Å². The number of hydrogen-bond acceptors (Lipinski definition) is 4. The van der Waals surface area contributed by atoms with E-state index in [4.69, 9.17) is 0 Å². The van der Waals surface area contributed by atoms with E-state index in [-0.39, 0.29) is 5.91 Å². The minimum absolute atomic E-state index is 0.0732. The predicted octanol–water partition coefficient (Wildman–Crippen LogP) is 0.354. The average Bonchev–Trinajstić information content (AvgIpc) is 2.76. The molecular formula is C12H21N5O. The van der Waals surface area contributed by atoms with E-state index in [1.807, 2.05) is 11.6 Å². The first-order valence-electron chi connectivity index (χ1n) is 6.58. The van der Waals surface area contributed by atoms with Gasteiger partial charge in [0, 0.05) is 13.1 Å². The number of aromatic nitrogens is 3. The zero-order valence-corrected chi connectivity index (χ0v) is 10.9. The molecule has 18 heavy (non-hydrogen) atoms. The smallest absolute Gasteiger partial charge is 0.234 e. The number of hydrogen-bond donors (Lipinski definition) is 2. The molecule has 0 saturated heterocycles. The van der Waals surface area contributed by atoms with E-state index in [9.17, 15) is 4.79 Å². The van der Waals surface area contributed by atoms with E-state index in [1.54, 1.807) is 6.33 Å². The maximum atomic E-state index is 11.7. The maximum absolute atomic E-state index is 11.7. The molecule has 0 unspecified atom stereocenters. The molecule has 0 aromatic carbocycles. The van der Waals surface area contributed by atoms with Gasteiger partial charge in [-0.1, -0.05) is 19.3 Å². The molecule has 0 spiro atoms. The van der Waals surface area contributed by atoms with E-state index in [0.29, 0.717) is 19.1 Å². The summed E-state index contributed by atoms with van der Waals surface area (Å²) in [6, 6.07) is 0.378. The summed E-state index contributed by atoms with van der Waals surface area (Å²) in [6.45, 7) is 0.901. The first kappa shape index (κ1) is 13.0. The van der Waals surface area contributed by atoms with Gasteiger partial charge in [0.2, 0.25) is 5.91 Å².